The Balaban J connectivity index is 2.51. The summed E-state index contributed by atoms with van der Waals surface area (Å²) in [6.45, 7) is 12.8. The molecule has 2 nitrogen and oxygen atoms in total. The first-order chi connectivity index (χ1) is 8.12. The van der Waals surface area contributed by atoms with E-state index in [9.17, 15) is 0 Å². The molecule has 1 saturated heterocycles. The van der Waals surface area contributed by atoms with Gasteiger partial charge in [0.1, 0.15) is 0 Å². The average Bonchev–Trinajstić information content (AvgIpc) is 2.36. The second-order valence-electron chi connectivity index (χ2n) is 6.07. The molecule has 0 aromatic rings. The maximum absolute atomic E-state index is 5.90. The van der Waals surface area contributed by atoms with Crippen molar-refractivity contribution in [3.8, 4) is 0 Å². The van der Waals surface area contributed by atoms with Crippen molar-refractivity contribution in [2.45, 2.75) is 59.4 Å². The fourth-order valence-electron chi connectivity index (χ4n) is 3.02. The maximum Gasteiger partial charge on any atom is 0.00952 e. The number of hydrogen-bond acceptors (Lipinski definition) is 2. The van der Waals surface area contributed by atoms with E-state index in [1.807, 2.05) is 0 Å². The van der Waals surface area contributed by atoms with E-state index in [4.69, 9.17) is 5.73 Å². The number of rotatable bonds is 6. The summed E-state index contributed by atoms with van der Waals surface area (Å²) in [5.41, 5.74) is 5.90. The Morgan fingerprint density at radius 2 is 2.00 bits per heavy atom. The van der Waals surface area contributed by atoms with Crippen molar-refractivity contribution in [1.29, 1.82) is 0 Å². The minimum Gasteiger partial charge on any atom is -0.330 e. The van der Waals surface area contributed by atoms with Gasteiger partial charge in [0.05, 0.1) is 0 Å². The van der Waals surface area contributed by atoms with Crippen molar-refractivity contribution in [3.63, 3.8) is 0 Å². The molecule has 0 amide bonds. The summed E-state index contributed by atoms with van der Waals surface area (Å²) in [5, 5.41) is 0. The van der Waals surface area contributed by atoms with E-state index in [-0.39, 0.29) is 0 Å². The van der Waals surface area contributed by atoms with Crippen LogP contribution in [0.1, 0.15) is 53.4 Å². The zero-order valence-corrected chi connectivity index (χ0v) is 12.3. The SMILES string of the molecule is CCC(C)CC(CC)N1CCC(C)C(CN)C1. The van der Waals surface area contributed by atoms with Crippen molar-refractivity contribution in [2.75, 3.05) is 19.6 Å². The predicted molar refractivity (Wildman–Crippen MR) is 76.0 cm³/mol. The highest BCUT2D eigenvalue weighted by Gasteiger charge is 2.29. The van der Waals surface area contributed by atoms with E-state index in [2.05, 4.69) is 32.6 Å². The Kier molecular flexibility index (Phi) is 6.50. The van der Waals surface area contributed by atoms with Gasteiger partial charge in [0, 0.05) is 12.6 Å². The first-order valence-corrected chi connectivity index (χ1v) is 7.56. The second kappa shape index (κ2) is 7.38. The van der Waals surface area contributed by atoms with Gasteiger partial charge in [-0.15, -0.1) is 0 Å². The third-order valence-electron chi connectivity index (χ3n) is 4.81. The van der Waals surface area contributed by atoms with Crippen LogP contribution in [0.3, 0.4) is 0 Å². The highest BCUT2D eigenvalue weighted by molar-refractivity contribution is 4.83. The number of nitrogens with zero attached hydrogens (tertiary/aromatic N) is 1. The third kappa shape index (κ3) is 4.26. The van der Waals surface area contributed by atoms with Gasteiger partial charge in [-0.1, -0.05) is 34.1 Å². The first-order valence-electron chi connectivity index (χ1n) is 7.56. The number of piperidine rings is 1. The predicted octanol–water partition coefficient (Wildman–Crippen LogP) is 3.12. The molecule has 0 bridgehead atoms. The van der Waals surface area contributed by atoms with Gasteiger partial charge < -0.3 is 10.6 Å². The van der Waals surface area contributed by atoms with Crippen LogP contribution in [-0.4, -0.2) is 30.6 Å². The molecule has 0 aromatic heterocycles. The second-order valence-corrected chi connectivity index (χ2v) is 6.07. The van der Waals surface area contributed by atoms with Crippen molar-refractivity contribution in [1.82, 2.24) is 4.90 Å². The van der Waals surface area contributed by atoms with Crippen LogP contribution in [0.2, 0.25) is 0 Å². The Bertz CT molecular complexity index is 205. The van der Waals surface area contributed by atoms with E-state index in [1.165, 1.54) is 38.8 Å². The maximum atomic E-state index is 5.90. The lowest BCUT2D eigenvalue weighted by atomic mass is 9.85. The third-order valence-corrected chi connectivity index (χ3v) is 4.81. The van der Waals surface area contributed by atoms with Gasteiger partial charge in [-0.3, -0.25) is 0 Å². The summed E-state index contributed by atoms with van der Waals surface area (Å²) >= 11 is 0. The number of hydrogen-bond donors (Lipinski definition) is 1. The van der Waals surface area contributed by atoms with Gasteiger partial charge in [-0.2, -0.15) is 0 Å². The molecule has 0 aromatic carbocycles. The Labute approximate surface area is 108 Å². The highest BCUT2D eigenvalue weighted by atomic mass is 15.2. The molecule has 102 valence electrons. The van der Waals surface area contributed by atoms with Crippen LogP contribution < -0.4 is 5.73 Å². The van der Waals surface area contributed by atoms with Crippen molar-refractivity contribution in [3.05, 3.63) is 0 Å². The summed E-state index contributed by atoms with van der Waals surface area (Å²) in [4.78, 5) is 2.71. The first kappa shape index (κ1) is 15.0. The average molecular weight is 240 g/mol. The quantitative estimate of drug-likeness (QED) is 0.773. The largest absolute Gasteiger partial charge is 0.330 e. The molecule has 4 unspecified atom stereocenters. The topological polar surface area (TPSA) is 29.3 Å². The summed E-state index contributed by atoms with van der Waals surface area (Å²) in [6, 6.07) is 0.784. The molecular weight excluding hydrogens is 208 g/mol. The molecular formula is C15H32N2. The van der Waals surface area contributed by atoms with E-state index < -0.39 is 0 Å². The minimum atomic E-state index is 0.717. The van der Waals surface area contributed by atoms with Crippen LogP contribution in [0.25, 0.3) is 0 Å². The molecule has 1 heterocycles. The van der Waals surface area contributed by atoms with Crippen LogP contribution in [0.15, 0.2) is 0 Å². The van der Waals surface area contributed by atoms with Crippen LogP contribution >= 0.6 is 0 Å². The van der Waals surface area contributed by atoms with E-state index in [1.54, 1.807) is 0 Å². The molecule has 0 radical (unpaired) electrons. The van der Waals surface area contributed by atoms with Crippen LogP contribution in [0.5, 0.6) is 0 Å². The fourth-order valence-corrected chi connectivity index (χ4v) is 3.02. The smallest absolute Gasteiger partial charge is 0.00952 e. The van der Waals surface area contributed by atoms with Gasteiger partial charge >= 0.3 is 0 Å². The molecule has 0 saturated carbocycles. The summed E-state index contributed by atoms with van der Waals surface area (Å²) in [5.74, 6) is 2.39. The van der Waals surface area contributed by atoms with E-state index in [0.29, 0.717) is 0 Å². The molecule has 1 fully saturated rings. The molecule has 1 aliphatic heterocycles. The summed E-state index contributed by atoms with van der Waals surface area (Å²) < 4.78 is 0. The van der Waals surface area contributed by atoms with Crippen LogP contribution in [-0.2, 0) is 0 Å². The molecule has 1 aliphatic rings. The zero-order chi connectivity index (χ0) is 12.8. The zero-order valence-electron chi connectivity index (χ0n) is 12.3. The number of nitrogens with two attached hydrogens (primary N) is 1. The van der Waals surface area contributed by atoms with Gasteiger partial charge in [-0.25, -0.2) is 0 Å². The highest BCUT2D eigenvalue weighted by Crippen LogP contribution is 2.27. The monoisotopic (exact) mass is 240 g/mol. The van der Waals surface area contributed by atoms with E-state index >= 15 is 0 Å². The van der Waals surface area contributed by atoms with Crippen molar-refractivity contribution < 1.29 is 0 Å². The van der Waals surface area contributed by atoms with Crippen molar-refractivity contribution >= 4 is 0 Å². The molecule has 2 heteroatoms. The van der Waals surface area contributed by atoms with Crippen LogP contribution in [0, 0.1) is 17.8 Å². The minimum absolute atomic E-state index is 0.717. The van der Waals surface area contributed by atoms with Gasteiger partial charge in [0.15, 0.2) is 0 Å². The molecule has 1 rings (SSSR count). The normalized spacial score (nSPS) is 30.2. The lowest BCUT2D eigenvalue weighted by molar-refractivity contribution is 0.0774. The summed E-state index contributed by atoms with van der Waals surface area (Å²) in [7, 11) is 0. The Morgan fingerprint density at radius 1 is 1.29 bits per heavy atom. The van der Waals surface area contributed by atoms with Crippen LogP contribution in [0.4, 0.5) is 0 Å². The molecule has 0 spiro atoms. The van der Waals surface area contributed by atoms with Gasteiger partial charge in [0.25, 0.3) is 0 Å². The number of likely N-dealkylation sites (tertiary alicyclic amines) is 1. The Morgan fingerprint density at radius 3 is 2.53 bits per heavy atom. The fraction of sp³-hybridized carbons (Fsp3) is 1.00. The van der Waals surface area contributed by atoms with Crippen molar-refractivity contribution in [2.24, 2.45) is 23.5 Å². The molecule has 4 atom stereocenters. The molecule has 0 aliphatic carbocycles. The van der Waals surface area contributed by atoms with E-state index in [0.717, 1.165) is 30.3 Å². The lowest BCUT2D eigenvalue weighted by Gasteiger charge is -2.41. The summed E-state index contributed by atoms with van der Waals surface area (Å²) in [6.07, 6.45) is 5.29. The van der Waals surface area contributed by atoms with Gasteiger partial charge in [0.2, 0.25) is 0 Å². The standard InChI is InChI=1S/C15H32N2/c1-5-12(3)9-15(6-2)17-8-7-13(4)14(10-16)11-17/h12-15H,5-11,16H2,1-4H3. The molecule has 17 heavy (non-hydrogen) atoms. The Hall–Kier alpha value is -0.0800. The lowest BCUT2D eigenvalue weighted by Crippen LogP contribution is -2.47. The van der Waals surface area contributed by atoms with Gasteiger partial charge in [-0.05, 0) is 50.1 Å². The molecule has 2 N–H and O–H groups in total.